The van der Waals surface area contributed by atoms with E-state index < -0.39 is 0 Å². The van der Waals surface area contributed by atoms with E-state index in [0.717, 1.165) is 22.5 Å². The van der Waals surface area contributed by atoms with E-state index in [4.69, 9.17) is 6.42 Å². The number of terminal acetylenes is 1. The minimum absolute atomic E-state index is 0.705. The van der Waals surface area contributed by atoms with Crippen molar-refractivity contribution >= 4 is 0 Å². The molecule has 94 valence electrons. The molecular formula is C17H11N3. The molecule has 0 bridgehead atoms. The second kappa shape index (κ2) is 5.33. The number of hydrogen-bond donors (Lipinski definition) is 0. The van der Waals surface area contributed by atoms with Crippen LogP contribution in [0.1, 0.15) is 5.56 Å². The molecule has 3 heteroatoms. The molecule has 3 nitrogen and oxygen atoms in total. The number of aromatic nitrogens is 3. The average Bonchev–Trinajstić information content (AvgIpc) is 2.55. The molecule has 0 radical (unpaired) electrons. The highest BCUT2D eigenvalue weighted by atomic mass is 14.8. The standard InChI is InChI=1S/C17H11N3/c1-2-13-7-5-11-19-16(13)17-14(8-6-12-20-17)15-9-3-4-10-18-15/h1,3-12H. The van der Waals surface area contributed by atoms with Crippen LogP contribution in [-0.4, -0.2) is 15.0 Å². The minimum Gasteiger partial charge on any atom is -0.256 e. The molecule has 0 atom stereocenters. The topological polar surface area (TPSA) is 38.7 Å². The Labute approximate surface area is 117 Å². The first-order chi connectivity index (χ1) is 9.90. The SMILES string of the molecule is C#Cc1cccnc1-c1ncccc1-c1ccccn1. The van der Waals surface area contributed by atoms with E-state index in [1.807, 2.05) is 42.5 Å². The van der Waals surface area contributed by atoms with Crippen LogP contribution < -0.4 is 0 Å². The number of pyridine rings is 3. The summed E-state index contributed by atoms with van der Waals surface area (Å²) in [5, 5.41) is 0. The highest BCUT2D eigenvalue weighted by Gasteiger charge is 2.12. The van der Waals surface area contributed by atoms with E-state index in [1.165, 1.54) is 0 Å². The molecule has 0 aliphatic heterocycles. The van der Waals surface area contributed by atoms with Gasteiger partial charge in [0.05, 0.1) is 17.0 Å². The Balaban J connectivity index is 2.24. The predicted octanol–water partition coefficient (Wildman–Crippen LogP) is 3.19. The van der Waals surface area contributed by atoms with Crippen molar-refractivity contribution in [2.45, 2.75) is 0 Å². The molecule has 0 aliphatic carbocycles. The summed E-state index contributed by atoms with van der Waals surface area (Å²) < 4.78 is 0. The summed E-state index contributed by atoms with van der Waals surface area (Å²) in [6, 6.07) is 13.3. The van der Waals surface area contributed by atoms with Crippen LogP contribution in [0.5, 0.6) is 0 Å². The Hall–Kier alpha value is -2.99. The smallest absolute Gasteiger partial charge is 0.105 e. The average molecular weight is 257 g/mol. The molecule has 0 N–H and O–H groups in total. The highest BCUT2D eigenvalue weighted by Crippen LogP contribution is 2.29. The van der Waals surface area contributed by atoms with E-state index in [-0.39, 0.29) is 0 Å². The fraction of sp³-hybridized carbons (Fsp3) is 0. The summed E-state index contributed by atoms with van der Waals surface area (Å²) >= 11 is 0. The van der Waals surface area contributed by atoms with E-state index in [1.54, 1.807) is 18.6 Å². The monoisotopic (exact) mass is 257 g/mol. The van der Waals surface area contributed by atoms with E-state index in [2.05, 4.69) is 20.9 Å². The quantitative estimate of drug-likeness (QED) is 0.662. The van der Waals surface area contributed by atoms with Gasteiger partial charge in [-0.15, -0.1) is 6.42 Å². The lowest BCUT2D eigenvalue weighted by molar-refractivity contribution is 1.22. The lowest BCUT2D eigenvalue weighted by Crippen LogP contribution is -1.95. The Bertz CT molecular complexity index is 773. The third-order valence-corrected chi connectivity index (χ3v) is 2.94. The van der Waals surface area contributed by atoms with Gasteiger partial charge in [0.15, 0.2) is 0 Å². The van der Waals surface area contributed by atoms with Gasteiger partial charge in [0.2, 0.25) is 0 Å². The molecule has 3 aromatic heterocycles. The van der Waals surface area contributed by atoms with Crippen LogP contribution in [0.3, 0.4) is 0 Å². The second-order valence-electron chi connectivity index (χ2n) is 4.16. The first-order valence-electron chi connectivity index (χ1n) is 6.18. The van der Waals surface area contributed by atoms with Crippen molar-refractivity contribution in [3.8, 4) is 35.0 Å². The summed E-state index contributed by atoms with van der Waals surface area (Å²) in [5.41, 5.74) is 3.95. The molecule has 20 heavy (non-hydrogen) atoms. The van der Waals surface area contributed by atoms with Crippen LogP contribution in [0, 0.1) is 12.3 Å². The molecule has 0 saturated heterocycles. The third kappa shape index (κ3) is 2.15. The zero-order valence-corrected chi connectivity index (χ0v) is 10.7. The largest absolute Gasteiger partial charge is 0.256 e. The molecule has 0 aliphatic rings. The van der Waals surface area contributed by atoms with E-state index >= 15 is 0 Å². The maximum atomic E-state index is 5.54. The number of nitrogens with zero attached hydrogens (tertiary/aromatic N) is 3. The Kier molecular flexibility index (Phi) is 3.22. The van der Waals surface area contributed by atoms with E-state index in [0.29, 0.717) is 5.69 Å². The van der Waals surface area contributed by atoms with Gasteiger partial charge in [-0.1, -0.05) is 12.0 Å². The highest BCUT2D eigenvalue weighted by molar-refractivity contribution is 5.79. The molecule has 3 aromatic rings. The van der Waals surface area contributed by atoms with Crippen molar-refractivity contribution < 1.29 is 0 Å². The zero-order chi connectivity index (χ0) is 13.8. The van der Waals surface area contributed by atoms with Crippen LogP contribution >= 0.6 is 0 Å². The van der Waals surface area contributed by atoms with Crippen LogP contribution in [0.15, 0.2) is 61.1 Å². The van der Waals surface area contributed by atoms with Gasteiger partial charge in [0.25, 0.3) is 0 Å². The van der Waals surface area contributed by atoms with Crippen LogP contribution in [0.2, 0.25) is 0 Å². The van der Waals surface area contributed by atoms with Gasteiger partial charge in [-0.2, -0.15) is 0 Å². The maximum Gasteiger partial charge on any atom is 0.105 e. The second-order valence-corrected chi connectivity index (χ2v) is 4.16. The molecule has 0 amide bonds. The summed E-state index contributed by atoms with van der Waals surface area (Å²) in [5.74, 6) is 2.65. The van der Waals surface area contributed by atoms with Gasteiger partial charge in [-0.3, -0.25) is 15.0 Å². The molecule has 0 saturated carbocycles. The first-order valence-corrected chi connectivity index (χ1v) is 6.18. The lowest BCUT2D eigenvalue weighted by Gasteiger charge is -2.08. The van der Waals surface area contributed by atoms with Gasteiger partial charge < -0.3 is 0 Å². The Morgan fingerprint density at radius 2 is 1.50 bits per heavy atom. The zero-order valence-electron chi connectivity index (χ0n) is 10.7. The van der Waals surface area contributed by atoms with Crippen molar-refractivity contribution in [3.63, 3.8) is 0 Å². The number of hydrogen-bond acceptors (Lipinski definition) is 3. The molecular weight excluding hydrogens is 246 g/mol. The molecule has 3 rings (SSSR count). The minimum atomic E-state index is 0.705. The van der Waals surface area contributed by atoms with Gasteiger partial charge in [0.1, 0.15) is 5.69 Å². The third-order valence-electron chi connectivity index (χ3n) is 2.94. The van der Waals surface area contributed by atoms with Crippen molar-refractivity contribution in [1.29, 1.82) is 0 Å². The van der Waals surface area contributed by atoms with Gasteiger partial charge in [0, 0.05) is 24.2 Å². The van der Waals surface area contributed by atoms with Crippen molar-refractivity contribution in [3.05, 3.63) is 66.6 Å². The Morgan fingerprint density at radius 1 is 0.750 bits per heavy atom. The van der Waals surface area contributed by atoms with Gasteiger partial charge in [-0.05, 0) is 36.4 Å². The van der Waals surface area contributed by atoms with Crippen molar-refractivity contribution in [2.75, 3.05) is 0 Å². The number of rotatable bonds is 2. The summed E-state index contributed by atoms with van der Waals surface area (Å²) in [6.07, 6.45) is 10.7. The molecule has 0 spiro atoms. The van der Waals surface area contributed by atoms with E-state index in [9.17, 15) is 0 Å². The summed E-state index contributed by atoms with van der Waals surface area (Å²) in [4.78, 5) is 13.2. The fourth-order valence-electron chi connectivity index (χ4n) is 2.03. The fourth-order valence-corrected chi connectivity index (χ4v) is 2.03. The summed E-state index contributed by atoms with van der Waals surface area (Å²) in [6.45, 7) is 0. The molecule has 0 aromatic carbocycles. The van der Waals surface area contributed by atoms with Crippen molar-refractivity contribution in [1.82, 2.24) is 15.0 Å². The van der Waals surface area contributed by atoms with Crippen LogP contribution in [0.25, 0.3) is 22.6 Å². The first kappa shape index (κ1) is 12.1. The molecule has 0 unspecified atom stereocenters. The maximum absolute atomic E-state index is 5.54. The van der Waals surface area contributed by atoms with Crippen molar-refractivity contribution in [2.24, 2.45) is 0 Å². The normalized spacial score (nSPS) is 9.95. The molecule has 3 heterocycles. The van der Waals surface area contributed by atoms with Gasteiger partial charge in [-0.25, -0.2) is 0 Å². The Morgan fingerprint density at radius 3 is 2.25 bits per heavy atom. The molecule has 0 fully saturated rings. The lowest BCUT2D eigenvalue weighted by atomic mass is 10.0. The summed E-state index contributed by atoms with van der Waals surface area (Å²) in [7, 11) is 0. The van der Waals surface area contributed by atoms with Gasteiger partial charge >= 0.3 is 0 Å². The van der Waals surface area contributed by atoms with Crippen LogP contribution in [-0.2, 0) is 0 Å². The predicted molar refractivity (Wildman–Crippen MR) is 78.6 cm³/mol. The van der Waals surface area contributed by atoms with Crippen LogP contribution in [0.4, 0.5) is 0 Å².